The smallest absolute Gasteiger partial charge is 0.127 e. The van der Waals surface area contributed by atoms with Gasteiger partial charge in [0.05, 0.1) is 0 Å². The molecule has 0 bridgehead atoms. The minimum absolute atomic E-state index is 0.183. The summed E-state index contributed by atoms with van der Waals surface area (Å²) < 4.78 is 13.8. The number of likely N-dealkylation sites (tertiary alicyclic amines) is 1. The average Bonchev–Trinajstić information content (AvgIpc) is 2.67. The summed E-state index contributed by atoms with van der Waals surface area (Å²) >= 11 is 0. The maximum Gasteiger partial charge on any atom is 0.127 e. The molecule has 1 fully saturated rings. The molecule has 2 rings (SSSR count). The Morgan fingerprint density at radius 1 is 1.16 bits per heavy atom. The molecular formula is C16H25FN2. The van der Waals surface area contributed by atoms with Crippen LogP contribution in [-0.2, 0) is 0 Å². The van der Waals surface area contributed by atoms with Gasteiger partial charge in [-0.05, 0) is 37.9 Å². The van der Waals surface area contributed by atoms with Crippen LogP contribution in [0, 0.1) is 11.7 Å². The van der Waals surface area contributed by atoms with Crippen LogP contribution < -0.4 is 5.73 Å². The van der Waals surface area contributed by atoms with Gasteiger partial charge < -0.3 is 10.6 Å². The number of rotatable bonds is 4. The van der Waals surface area contributed by atoms with Crippen molar-refractivity contribution in [3.05, 3.63) is 35.6 Å². The SMILES string of the molecule is CC(CN1CCCCCC1)C(N)c1ccccc1F. The third-order valence-corrected chi connectivity index (χ3v) is 4.12. The average molecular weight is 264 g/mol. The van der Waals surface area contributed by atoms with Gasteiger partial charge in [0.2, 0.25) is 0 Å². The summed E-state index contributed by atoms with van der Waals surface area (Å²) in [5.41, 5.74) is 6.87. The van der Waals surface area contributed by atoms with Gasteiger partial charge in [-0.25, -0.2) is 4.39 Å². The molecule has 1 heterocycles. The zero-order valence-electron chi connectivity index (χ0n) is 11.8. The second-order valence-electron chi connectivity index (χ2n) is 5.74. The summed E-state index contributed by atoms with van der Waals surface area (Å²) in [5, 5.41) is 0. The highest BCUT2D eigenvalue weighted by Gasteiger charge is 2.21. The van der Waals surface area contributed by atoms with E-state index < -0.39 is 0 Å². The summed E-state index contributed by atoms with van der Waals surface area (Å²) in [6, 6.07) is 6.65. The lowest BCUT2D eigenvalue weighted by molar-refractivity contribution is 0.228. The Labute approximate surface area is 115 Å². The van der Waals surface area contributed by atoms with E-state index in [1.165, 1.54) is 31.7 Å². The van der Waals surface area contributed by atoms with Crippen LogP contribution in [0.4, 0.5) is 4.39 Å². The van der Waals surface area contributed by atoms with Crippen LogP contribution >= 0.6 is 0 Å². The molecule has 1 saturated heterocycles. The van der Waals surface area contributed by atoms with E-state index in [2.05, 4.69) is 11.8 Å². The molecule has 0 aromatic heterocycles. The molecule has 0 aliphatic carbocycles. The summed E-state index contributed by atoms with van der Waals surface area (Å²) in [4.78, 5) is 2.48. The van der Waals surface area contributed by atoms with Crippen molar-refractivity contribution in [1.29, 1.82) is 0 Å². The fourth-order valence-electron chi connectivity index (χ4n) is 2.89. The van der Waals surface area contributed by atoms with E-state index in [1.807, 2.05) is 6.07 Å². The van der Waals surface area contributed by atoms with Crippen LogP contribution in [0.5, 0.6) is 0 Å². The van der Waals surface area contributed by atoms with Crippen LogP contribution in [0.3, 0.4) is 0 Å². The molecule has 2 nitrogen and oxygen atoms in total. The van der Waals surface area contributed by atoms with E-state index in [9.17, 15) is 4.39 Å². The Hall–Kier alpha value is -0.930. The van der Waals surface area contributed by atoms with Crippen molar-refractivity contribution in [2.75, 3.05) is 19.6 Å². The molecule has 1 aromatic rings. The fraction of sp³-hybridized carbons (Fsp3) is 0.625. The fourth-order valence-corrected chi connectivity index (χ4v) is 2.89. The van der Waals surface area contributed by atoms with Crippen molar-refractivity contribution < 1.29 is 4.39 Å². The molecule has 19 heavy (non-hydrogen) atoms. The highest BCUT2D eigenvalue weighted by Crippen LogP contribution is 2.23. The van der Waals surface area contributed by atoms with Gasteiger partial charge in [0.15, 0.2) is 0 Å². The largest absolute Gasteiger partial charge is 0.324 e. The van der Waals surface area contributed by atoms with E-state index in [0.29, 0.717) is 5.56 Å². The lowest BCUT2D eigenvalue weighted by Crippen LogP contribution is -2.34. The Balaban J connectivity index is 1.95. The van der Waals surface area contributed by atoms with Gasteiger partial charge in [-0.3, -0.25) is 0 Å². The molecule has 0 amide bonds. The lowest BCUT2D eigenvalue weighted by atomic mass is 9.94. The van der Waals surface area contributed by atoms with E-state index in [1.54, 1.807) is 12.1 Å². The molecule has 1 aliphatic heterocycles. The Morgan fingerprint density at radius 3 is 2.42 bits per heavy atom. The lowest BCUT2D eigenvalue weighted by Gasteiger charge is -2.28. The topological polar surface area (TPSA) is 29.3 Å². The zero-order valence-corrected chi connectivity index (χ0v) is 11.8. The second kappa shape index (κ2) is 7.01. The van der Waals surface area contributed by atoms with Crippen LogP contribution in [0.1, 0.15) is 44.2 Å². The van der Waals surface area contributed by atoms with Crippen LogP contribution in [0.15, 0.2) is 24.3 Å². The Kier molecular flexibility index (Phi) is 5.34. The van der Waals surface area contributed by atoms with Gasteiger partial charge in [0, 0.05) is 18.2 Å². The van der Waals surface area contributed by atoms with Crippen molar-refractivity contribution >= 4 is 0 Å². The number of hydrogen-bond acceptors (Lipinski definition) is 2. The summed E-state index contributed by atoms with van der Waals surface area (Å²) in [5.74, 6) is 0.0905. The number of halogens is 1. The van der Waals surface area contributed by atoms with E-state index in [4.69, 9.17) is 5.73 Å². The monoisotopic (exact) mass is 264 g/mol. The van der Waals surface area contributed by atoms with Gasteiger partial charge >= 0.3 is 0 Å². The van der Waals surface area contributed by atoms with Gasteiger partial charge in [-0.2, -0.15) is 0 Å². The molecular weight excluding hydrogens is 239 g/mol. The van der Waals surface area contributed by atoms with Crippen molar-refractivity contribution in [2.45, 2.75) is 38.6 Å². The van der Waals surface area contributed by atoms with Gasteiger partial charge in [-0.15, -0.1) is 0 Å². The standard InChI is InChI=1S/C16H25FN2/c1-13(12-19-10-6-2-3-7-11-19)16(18)14-8-4-5-9-15(14)17/h4-5,8-9,13,16H,2-3,6-7,10-12,18H2,1H3. The predicted octanol–water partition coefficient (Wildman–Crippen LogP) is 3.34. The molecule has 2 atom stereocenters. The number of nitrogens with zero attached hydrogens (tertiary/aromatic N) is 1. The molecule has 1 aromatic carbocycles. The predicted molar refractivity (Wildman–Crippen MR) is 77.4 cm³/mol. The van der Waals surface area contributed by atoms with Crippen molar-refractivity contribution in [3.63, 3.8) is 0 Å². The highest BCUT2D eigenvalue weighted by molar-refractivity contribution is 5.21. The third-order valence-electron chi connectivity index (χ3n) is 4.12. The first-order valence-electron chi connectivity index (χ1n) is 7.41. The molecule has 0 radical (unpaired) electrons. The van der Waals surface area contributed by atoms with Crippen LogP contribution in [0.2, 0.25) is 0 Å². The maximum absolute atomic E-state index is 13.8. The van der Waals surface area contributed by atoms with Crippen molar-refractivity contribution in [2.24, 2.45) is 11.7 Å². The van der Waals surface area contributed by atoms with E-state index in [-0.39, 0.29) is 17.8 Å². The number of hydrogen-bond donors (Lipinski definition) is 1. The zero-order chi connectivity index (χ0) is 13.7. The first-order valence-corrected chi connectivity index (χ1v) is 7.41. The maximum atomic E-state index is 13.8. The Morgan fingerprint density at radius 2 is 1.79 bits per heavy atom. The first kappa shape index (κ1) is 14.5. The van der Waals surface area contributed by atoms with E-state index >= 15 is 0 Å². The third kappa shape index (κ3) is 4.02. The van der Waals surface area contributed by atoms with Gasteiger partial charge in [0.25, 0.3) is 0 Å². The van der Waals surface area contributed by atoms with Gasteiger partial charge in [0.1, 0.15) is 5.82 Å². The van der Waals surface area contributed by atoms with Gasteiger partial charge in [-0.1, -0.05) is 38.0 Å². The highest BCUT2D eigenvalue weighted by atomic mass is 19.1. The number of nitrogens with two attached hydrogens (primary N) is 1. The summed E-state index contributed by atoms with van der Waals surface area (Å²) in [6.07, 6.45) is 5.23. The number of benzene rings is 1. The quantitative estimate of drug-likeness (QED) is 0.903. The molecule has 0 spiro atoms. The van der Waals surface area contributed by atoms with E-state index in [0.717, 1.165) is 19.6 Å². The van der Waals surface area contributed by atoms with Crippen LogP contribution in [-0.4, -0.2) is 24.5 Å². The molecule has 2 unspecified atom stereocenters. The Bertz CT molecular complexity index is 386. The summed E-state index contributed by atoms with van der Waals surface area (Å²) in [7, 11) is 0. The molecule has 1 aliphatic rings. The molecule has 2 N–H and O–H groups in total. The minimum atomic E-state index is -0.218. The van der Waals surface area contributed by atoms with Crippen molar-refractivity contribution in [1.82, 2.24) is 4.90 Å². The first-order chi connectivity index (χ1) is 9.18. The molecule has 106 valence electrons. The normalized spacial score (nSPS) is 20.8. The van der Waals surface area contributed by atoms with Crippen LogP contribution in [0.25, 0.3) is 0 Å². The molecule has 3 heteroatoms. The summed E-state index contributed by atoms with van der Waals surface area (Å²) in [6.45, 7) is 5.42. The minimum Gasteiger partial charge on any atom is -0.324 e. The molecule has 0 saturated carbocycles. The van der Waals surface area contributed by atoms with Crippen molar-refractivity contribution in [3.8, 4) is 0 Å². The second-order valence-corrected chi connectivity index (χ2v) is 5.74.